The quantitative estimate of drug-likeness (QED) is 0.0222. The molecule has 83 heavy (non-hydrogen) atoms. The second-order valence-corrected chi connectivity index (χ2v) is 26.3. The van der Waals surface area contributed by atoms with E-state index in [0.29, 0.717) is 25.7 Å². The van der Waals surface area contributed by atoms with Crippen molar-refractivity contribution in [3.63, 3.8) is 0 Å². The van der Waals surface area contributed by atoms with Crippen molar-refractivity contribution in [3.8, 4) is 0 Å². The van der Waals surface area contributed by atoms with E-state index in [-0.39, 0.29) is 25.7 Å². The Kier molecular flexibility index (Phi) is 56.4. The topological polar surface area (TPSA) is 237 Å². The van der Waals surface area contributed by atoms with E-state index in [4.69, 9.17) is 37.0 Å². The van der Waals surface area contributed by atoms with Crippen molar-refractivity contribution in [2.45, 2.75) is 342 Å². The van der Waals surface area contributed by atoms with Crippen molar-refractivity contribution < 1.29 is 80.2 Å². The van der Waals surface area contributed by atoms with Crippen LogP contribution in [0.1, 0.15) is 324 Å². The van der Waals surface area contributed by atoms with Gasteiger partial charge in [-0.2, -0.15) is 0 Å². The molecule has 19 heteroatoms. The van der Waals surface area contributed by atoms with E-state index in [1.807, 2.05) is 0 Å². The highest BCUT2D eigenvalue weighted by Gasteiger charge is 2.30. The summed E-state index contributed by atoms with van der Waals surface area (Å²) < 4.78 is 67.8. The van der Waals surface area contributed by atoms with Crippen molar-refractivity contribution in [1.29, 1.82) is 0 Å². The number of hydrogen-bond donors (Lipinski definition) is 3. The molecule has 0 fully saturated rings. The summed E-state index contributed by atoms with van der Waals surface area (Å²) in [6, 6.07) is 0. The zero-order valence-corrected chi connectivity index (χ0v) is 55.1. The Morgan fingerprint density at radius 1 is 0.337 bits per heavy atom. The molecule has 0 aliphatic carbocycles. The van der Waals surface area contributed by atoms with Crippen LogP contribution in [0.2, 0.25) is 0 Å². The SMILES string of the molecule is CCCCCCCCCCCCCCCCCCCC(=O)O[C@H](COC(=O)CCCCCCCCCCCCC)COP(=O)(O)OC[C@@H](O)COP(=O)(O)OC[C@@H](COC(=O)CCCCCCC)OC(=O)CCCCCCCCC(C)CC. The number of unbranched alkanes of at least 4 members (excludes halogenated alkanes) is 35. The molecular formula is C64H124O17P2. The fraction of sp³-hybridized carbons (Fsp3) is 0.938. The molecule has 0 aromatic rings. The first-order valence-electron chi connectivity index (χ1n) is 33.7. The number of esters is 4. The third-order valence-corrected chi connectivity index (χ3v) is 17.0. The van der Waals surface area contributed by atoms with Gasteiger partial charge in [0.2, 0.25) is 0 Å². The van der Waals surface area contributed by atoms with E-state index < -0.39 is 97.5 Å². The second-order valence-electron chi connectivity index (χ2n) is 23.4. The third kappa shape index (κ3) is 57.6. The van der Waals surface area contributed by atoms with Crippen LogP contribution < -0.4 is 0 Å². The molecule has 0 aromatic heterocycles. The molecule has 3 N–H and O–H groups in total. The van der Waals surface area contributed by atoms with Crippen LogP contribution >= 0.6 is 15.6 Å². The van der Waals surface area contributed by atoms with Gasteiger partial charge in [-0.1, -0.05) is 272 Å². The normalized spacial score (nSPS) is 14.6. The predicted molar refractivity (Wildman–Crippen MR) is 331 cm³/mol. The molecule has 0 aliphatic rings. The molecule has 492 valence electrons. The maximum Gasteiger partial charge on any atom is 0.472 e. The summed E-state index contributed by atoms with van der Waals surface area (Å²) in [6.07, 6.45) is 42.1. The molecule has 0 rings (SSSR count). The fourth-order valence-corrected chi connectivity index (χ4v) is 11.1. The number of rotatable bonds is 64. The molecule has 6 atom stereocenters. The largest absolute Gasteiger partial charge is 0.472 e. The smallest absolute Gasteiger partial charge is 0.462 e. The van der Waals surface area contributed by atoms with Gasteiger partial charge in [0.15, 0.2) is 12.2 Å². The first-order valence-corrected chi connectivity index (χ1v) is 36.7. The molecule has 0 saturated heterocycles. The number of phosphoric acid groups is 2. The lowest BCUT2D eigenvalue weighted by molar-refractivity contribution is -0.161. The third-order valence-electron chi connectivity index (χ3n) is 15.1. The van der Waals surface area contributed by atoms with Crippen LogP contribution in [0.25, 0.3) is 0 Å². The second kappa shape index (κ2) is 57.8. The van der Waals surface area contributed by atoms with Crippen molar-refractivity contribution in [2.24, 2.45) is 5.92 Å². The molecule has 0 radical (unpaired) electrons. The summed E-state index contributed by atoms with van der Waals surface area (Å²) in [5.41, 5.74) is 0. The van der Waals surface area contributed by atoms with Gasteiger partial charge in [0.1, 0.15) is 19.3 Å². The molecule has 3 unspecified atom stereocenters. The number of aliphatic hydroxyl groups excluding tert-OH is 1. The number of carbonyl (C=O) groups is 4. The predicted octanol–water partition coefficient (Wildman–Crippen LogP) is 17.8. The van der Waals surface area contributed by atoms with Crippen molar-refractivity contribution >= 4 is 39.5 Å². The Balaban J connectivity index is 5.15. The summed E-state index contributed by atoms with van der Waals surface area (Å²) in [5.74, 6) is -1.42. The van der Waals surface area contributed by atoms with Crippen LogP contribution in [0.15, 0.2) is 0 Å². The Morgan fingerprint density at radius 3 is 0.855 bits per heavy atom. The summed E-state index contributed by atoms with van der Waals surface area (Å²) in [5, 5.41) is 10.5. The van der Waals surface area contributed by atoms with E-state index in [1.165, 1.54) is 141 Å². The molecule has 0 aromatic carbocycles. The van der Waals surface area contributed by atoms with Crippen molar-refractivity contribution in [3.05, 3.63) is 0 Å². The number of ether oxygens (including phenoxy) is 4. The van der Waals surface area contributed by atoms with E-state index in [0.717, 1.165) is 102 Å². The van der Waals surface area contributed by atoms with Crippen LogP contribution in [0.3, 0.4) is 0 Å². The van der Waals surface area contributed by atoms with Crippen LogP contribution in [0.5, 0.6) is 0 Å². The lowest BCUT2D eigenvalue weighted by Gasteiger charge is -2.21. The van der Waals surface area contributed by atoms with Crippen LogP contribution in [-0.2, 0) is 65.4 Å². The lowest BCUT2D eigenvalue weighted by atomic mass is 10.00. The average molecular weight is 1230 g/mol. The zero-order chi connectivity index (χ0) is 61.3. The summed E-state index contributed by atoms with van der Waals surface area (Å²) in [6.45, 7) is 7.06. The highest BCUT2D eigenvalue weighted by Crippen LogP contribution is 2.45. The van der Waals surface area contributed by atoms with Gasteiger partial charge in [-0.05, 0) is 31.6 Å². The molecular weight excluding hydrogens is 1100 g/mol. The Labute approximate surface area is 505 Å². The van der Waals surface area contributed by atoms with Gasteiger partial charge in [-0.3, -0.25) is 37.3 Å². The molecule has 17 nitrogen and oxygen atoms in total. The molecule has 0 saturated carbocycles. The Hall–Kier alpha value is -1.94. The number of carbonyl (C=O) groups excluding carboxylic acids is 4. The van der Waals surface area contributed by atoms with Gasteiger partial charge in [-0.25, -0.2) is 9.13 Å². The lowest BCUT2D eigenvalue weighted by Crippen LogP contribution is -2.30. The monoisotopic (exact) mass is 1230 g/mol. The van der Waals surface area contributed by atoms with Gasteiger partial charge in [0, 0.05) is 25.7 Å². The van der Waals surface area contributed by atoms with Gasteiger partial charge < -0.3 is 33.8 Å². The van der Waals surface area contributed by atoms with E-state index >= 15 is 0 Å². The van der Waals surface area contributed by atoms with Crippen LogP contribution in [-0.4, -0.2) is 96.7 Å². The number of phosphoric ester groups is 2. The highest BCUT2D eigenvalue weighted by molar-refractivity contribution is 7.47. The minimum absolute atomic E-state index is 0.102. The van der Waals surface area contributed by atoms with Crippen LogP contribution in [0, 0.1) is 5.92 Å². The van der Waals surface area contributed by atoms with Gasteiger partial charge >= 0.3 is 39.5 Å². The van der Waals surface area contributed by atoms with Gasteiger partial charge in [-0.15, -0.1) is 0 Å². The summed E-state index contributed by atoms with van der Waals surface area (Å²) in [4.78, 5) is 71.9. The van der Waals surface area contributed by atoms with Gasteiger partial charge in [0.05, 0.1) is 26.4 Å². The minimum atomic E-state index is -4.94. The first-order chi connectivity index (χ1) is 40.1. The summed E-state index contributed by atoms with van der Waals surface area (Å²) in [7, 11) is -9.88. The Bertz CT molecular complexity index is 1620. The van der Waals surface area contributed by atoms with Gasteiger partial charge in [0.25, 0.3) is 0 Å². The zero-order valence-electron chi connectivity index (χ0n) is 53.3. The van der Waals surface area contributed by atoms with Crippen LogP contribution in [0.4, 0.5) is 0 Å². The van der Waals surface area contributed by atoms with Crippen molar-refractivity contribution in [1.82, 2.24) is 0 Å². The number of hydrogen-bond acceptors (Lipinski definition) is 15. The molecule has 0 amide bonds. The van der Waals surface area contributed by atoms with Crippen molar-refractivity contribution in [2.75, 3.05) is 39.6 Å². The molecule has 0 heterocycles. The molecule has 0 spiro atoms. The molecule has 0 aliphatic heterocycles. The van der Waals surface area contributed by atoms with E-state index in [9.17, 15) is 43.2 Å². The summed E-state index contributed by atoms with van der Waals surface area (Å²) >= 11 is 0. The first kappa shape index (κ1) is 81.1. The fourth-order valence-electron chi connectivity index (χ4n) is 9.55. The maximum absolute atomic E-state index is 13.0. The van der Waals surface area contributed by atoms with E-state index in [2.05, 4.69) is 34.6 Å². The average Bonchev–Trinajstić information content (AvgIpc) is 3.48. The Morgan fingerprint density at radius 2 is 0.578 bits per heavy atom. The molecule has 0 bridgehead atoms. The standard InChI is InChI=1S/C64H124O17P2/c1-6-10-13-16-18-20-22-23-24-25-26-27-29-31-33-39-44-49-63(68)80-60(54-75-62(67)48-43-38-32-30-28-21-19-17-14-11-7-2)56-79-83(72,73)77-52-58(65)51-76-82(70,71)78-55-59(53-74-61(66)47-42-36-15-12-8-3)81-64(69)50-45-40-35-34-37-41-46-57(5)9-4/h57-60,65H,6-56H2,1-5H3,(H,70,71)(H,72,73)/t57?,58-,59+,60+/m0/s1. The van der Waals surface area contributed by atoms with E-state index in [1.54, 1.807) is 0 Å². The number of aliphatic hydroxyl groups is 1. The highest BCUT2D eigenvalue weighted by atomic mass is 31.2. The maximum atomic E-state index is 13.0. The minimum Gasteiger partial charge on any atom is -0.462 e.